The zero-order valence-electron chi connectivity index (χ0n) is 73.2. The van der Waals surface area contributed by atoms with E-state index in [0.29, 0.717) is 70.6 Å². The van der Waals surface area contributed by atoms with E-state index in [1.807, 2.05) is 0 Å². The van der Waals surface area contributed by atoms with Crippen LogP contribution in [0.25, 0.3) is 0 Å². The number of rotatable bonds is 40. The van der Waals surface area contributed by atoms with Crippen molar-refractivity contribution in [3.05, 3.63) is 0 Å². The highest BCUT2D eigenvalue weighted by molar-refractivity contribution is 8.02. The number of aliphatic hydroxyl groups excluding tert-OH is 16. The van der Waals surface area contributed by atoms with Crippen molar-refractivity contribution < 1.29 is 261 Å². The number of thioether (sulfide) groups is 8. The van der Waals surface area contributed by atoms with E-state index in [-0.39, 0.29) is 36.5 Å². The third-order valence-corrected chi connectivity index (χ3v) is 39.0. The molecule has 0 saturated carbocycles. The maximum Gasteiger partial charge on any atom is 0.265 e. The van der Waals surface area contributed by atoms with E-state index in [9.17, 15) is 185 Å². The first-order valence-corrected chi connectivity index (χ1v) is 64.7. The molecule has 40 atom stereocenters. The first-order valence-electron chi connectivity index (χ1n) is 42.6. The molecule has 72 heteroatoms. The molecule has 27 rings (SSSR count). The summed E-state index contributed by atoms with van der Waals surface area (Å²) in [6.45, 7) is -0.416. The van der Waals surface area contributed by atoms with Gasteiger partial charge in [-0.1, -0.05) is 6.42 Å². The van der Waals surface area contributed by atoms with Gasteiger partial charge in [-0.3, -0.25) is 36.4 Å². The summed E-state index contributed by atoms with van der Waals surface area (Å²) in [5.74, 6) is -16.3. The van der Waals surface area contributed by atoms with Crippen molar-refractivity contribution in [3.63, 3.8) is 0 Å². The van der Waals surface area contributed by atoms with Gasteiger partial charge in [0.05, 0.1) is 101 Å². The summed E-state index contributed by atoms with van der Waals surface area (Å²) in [5.41, 5.74) is 0. The largest absolute Gasteiger partial charge is 0.390 e. The van der Waals surface area contributed by atoms with Crippen molar-refractivity contribution in [1.29, 1.82) is 0 Å². The Labute approximate surface area is 839 Å². The minimum atomic E-state index is -4.75. The lowest BCUT2D eigenvalue weighted by molar-refractivity contribution is -0.391. The van der Waals surface area contributed by atoms with Gasteiger partial charge >= 0.3 is 0 Å². The lowest BCUT2D eigenvalue weighted by Crippen LogP contribution is -2.68. The van der Waals surface area contributed by atoms with Crippen LogP contribution < -0.4 is 0 Å². The van der Waals surface area contributed by atoms with Crippen LogP contribution in [0.5, 0.6) is 0 Å². The van der Waals surface area contributed by atoms with Crippen LogP contribution in [0.3, 0.4) is 0 Å². The smallest absolute Gasteiger partial charge is 0.265 e. The standard InChI is InChI=1S/C68H120O56S16/c69-38-29-3-1-2-4-109-61-47(78)39(70)54(31(111-61)22-126-6-14-134(88,89)90)119-63-49(80)41(72)56(33(113-63)24-128-8-16-136(94,95)96)121-65-51(82)43(74)58(35(115-65)26-130-10-18-138(100,101)102)123-67-53(84)45(76)60(37(117-67)28-132-12-20-140(106,107)108)124-68-52(83)44(75)59(36(116-68)27-131-11-19-139(103,104)105)122-66-50(81)42(73)57(34(114-66)25-129-9-17-137(97,98)99)120-64-48(79)40(71)55(32(112-64)23-127-7-15-135(91,92)93)118-62(46(38)77)110-30(29)21-125-5-13-133(85,86)87/h29-84H,1-28H2,(H,85,86,87)(H,88,89,90)(H,91,92,93)(H,94,95,96)(H,97,98,99)(H,100,101,102)(H,103,104,105)(H,106,107,108). The highest BCUT2D eigenvalue weighted by atomic mass is 32.3. The highest BCUT2D eigenvalue weighted by Gasteiger charge is 2.61. The second-order valence-corrected chi connectivity index (χ2v) is 55.1. The molecule has 16 bridgehead atoms. The van der Waals surface area contributed by atoms with Crippen LogP contribution in [-0.2, 0) is 157 Å². The second kappa shape index (κ2) is 55.2. The summed E-state index contributed by atoms with van der Waals surface area (Å²) in [4.78, 5) is 0. The summed E-state index contributed by atoms with van der Waals surface area (Å²) >= 11 is 5.54. The summed E-state index contributed by atoms with van der Waals surface area (Å²) in [7, 11) is -37.6. The predicted molar refractivity (Wildman–Crippen MR) is 493 cm³/mol. The molecule has 0 amide bonds. The van der Waals surface area contributed by atoms with Gasteiger partial charge in [0.2, 0.25) is 0 Å². The first-order chi connectivity index (χ1) is 65.1. The van der Waals surface area contributed by atoms with Crippen LogP contribution in [-0.4, -0.2) is 570 Å². The molecule has 27 aliphatic heterocycles. The lowest BCUT2D eigenvalue weighted by Gasteiger charge is -2.50. The third kappa shape index (κ3) is 38.8. The van der Waals surface area contributed by atoms with Gasteiger partial charge in [0.25, 0.3) is 80.9 Å². The summed E-state index contributed by atoms with van der Waals surface area (Å²) in [5, 5.41) is 194. The minimum Gasteiger partial charge on any atom is -0.390 e. The van der Waals surface area contributed by atoms with Crippen molar-refractivity contribution in [2.45, 2.75) is 259 Å². The Morgan fingerprint density at radius 2 is 0.336 bits per heavy atom. The molecule has 0 aromatic heterocycles. The maximum absolute atomic E-state index is 12.3. The Morgan fingerprint density at radius 1 is 0.186 bits per heavy atom. The molecule has 56 nitrogen and oxygen atoms in total. The SMILES string of the molecule is O=S(=O)(O)CCSCC1OC2OC3C(CSCCS(=O)(=O)O)OC(OC4C(CSCCS(=O)(=O)O)OC(OC5C(CSCCS(=O)(=O)O)OC(OC6C(CSCCS(=O)(=O)O)OC(OC7C(CSCCS(=O)(=O)O)OC(OC8C(CSCCS(=O)(=O)O)OC(OC9C(CSCCS(=O)(=O)O)OC(OCCCCC1C(O)C2O)C(O)C9O)C(O)C8O)C(O)C7O)C(O)C6O)C(O)C5O)C(O)C4O)C(O)C3O. The molecule has 0 aromatic carbocycles. The fourth-order valence-corrected chi connectivity index (χ4v) is 31.5. The van der Waals surface area contributed by atoms with E-state index in [1.165, 1.54) is 0 Å². The van der Waals surface area contributed by atoms with Crippen LogP contribution in [0, 0.1) is 5.92 Å². The Bertz CT molecular complexity index is 4700. The molecule has 27 aliphatic rings. The van der Waals surface area contributed by atoms with Gasteiger partial charge in [-0.05, 0) is 12.8 Å². The number of aliphatic hydroxyl groups is 16. The minimum absolute atomic E-state index is 0.0210. The van der Waals surface area contributed by atoms with E-state index in [0.717, 1.165) is 23.5 Å². The van der Waals surface area contributed by atoms with Crippen LogP contribution in [0.2, 0.25) is 0 Å². The predicted octanol–water partition coefficient (Wildman–Crippen LogP) is -11.0. The van der Waals surface area contributed by atoms with Gasteiger partial charge in [-0.15, -0.1) is 0 Å². The van der Waals surface area contributed by atoms with Gasteiger partial charge in [-0.2, -0.15) is 161 Å². The zero-order valence-corrected chi connectivity index (χ0v) is 86.3. The molecular formula is C68H120O56S16. The fraction of sp³-hybridized carbons (Fsp3) is 1.00. The van der Waals surface area contributed by atoms with E-state index >= 15 is 0 Å². The van der Waals surface area contributed by atoms with Crippen molar-refractivity contribution in [1.82, 2.24) is 0 Å². The van der Waals surface area contributed by atoms with E-state index in [1.54, 1.807) is 0 Å². The first kappa shape index (κ1) is 124. The monoisotopic (exact) mass is 2340 g/mol. The Kier molecular flexibility index (Phi) is 49.0. The molecule has 27 saturated heterocycles. The summed E-state index contributed by atoms with van der Waals surface area (Å²) in [6, 6.07) is 0. The normalized spacial score (nSPS) is 40.5. The molecule has 27 fully saturated rings. The molecule has 0 aromatic rings. The van der Waals surface area contributed by atoms with Crippen molar-refractivity contribution in [2.24, 2.45) is 5.92 Å². The topological polar surface area (TPSA) is 906 Å². The number of ether oxygens (including phenoxy) is 16. The average Bonchev–Trinajstić information content (AvgIpc) is 0.767. The van der Waals surface area contributed by atoms with E-state index in [2.05, 4.69) is 0 Å². The molecular weight excluding hydrogens is 2230 g/mol. The van der Waals surface area contributed by atoms with Crippen molar-refractivity contribution >= 4 is 175 Å². The van der Waals surface area contributed by atoms with E-state index in [4.69, 9.17) is 75.8 Å². The Morgan fingerprint density at radius 3 is 0.514 bits per heavy atom. The molecule has 0 radical (unpaired) electrons. The molecule has 140 heavy (non-hydrogen) atoms. The van der Waals surface area contributed by atoms with Gasteiger partial charge in [-0.25, -0.2) is 0 Å². The molecule has 0 aliphatic carbocycles. The average molecular weight is 2350 g/mol. The summed E-state index contributed by atoms with van der Waals surface area (Å²) in [6.07, 6.45) is -83.6. The summed E-state index contributed by atoms with van der Waals surface area (Å²) < 4.78 is 367. The number of hydrogen-bond donors (Lipinski definition) is 24. The molecule has 0 spiro atoms. The van der Waals surface area contributed by atoms with Gasteiger partial charge < -0.3 is 157 Å². The number of hydrogen-bond acceptors (Lipinski definition) is 56. The lowest BCUT2D eigenvalue weighted by atomic mass is 9.85. The second-order valence-electron chi connectivity index (χ2n) is 33.3. The molecule has 40 unspecified atom stereocenters. The van der Waals surface area contributed by atoms with Gasteiger partial charge in [0.15, 0.2) is 50.3 Å². The van der Waals surface area contributed by atoms with Crippen LogP contribution >= 0.6 is 94.1 Å². The molecule has 24 N–H and O–H groups in total. The quantitative estimate of drug-likeness (QED) is 0.0200. The van der Waals surface area contributed by atoms with Gasteiger partial charge in [0.1, 0.15) is 134 Å². The van der Waals surface area contributed by atoms with Crippen LogP contribution in [0.15, 0.2) is 0 Å². The molecule has 27 heterocycles. The maximum atomic E-state index is 12.3. The zero-order chi connectivity index (χ0) is 104. The fourth-order valence-electron chi connectivity index (χ4n) is 15.6. The highest BCUT2D eigenvalue weighted by Crippen LogP contribution is 2.43. The molecule has 824 valence electrons. The van der Waals surface area contributed by atoms with Crippen LogP contribution in [0.1, 0.15) is 19.3 Å². The third-order valence-electron chi connectivity index (χ3n) is 22.7. The van der Waals surface area contributed by atoms with Crippen molar-refractivity contribution in [2.75, 3.05) is 145 Å². The van der Waals surface area contributed by atoms with E-state index < -0.39 is 454 Å². The van der Waals surface area contributed by atoms with Gasteiger partial charge in [0, 0.05) is 105 Å². The van der Waals surface area contributed by atoms with Crippen LogP contribution in [0.4, 0.5) is 0 Å². The Hall–Kier alpha value is 0.800. The van der Waals surface area contributed by atoms with Crippen molar-refractivity contribution in [3.8, 4) is 0 Å². The Balaban J connectivity index is 1.11.